The van der Waals surface area contributed by atoms with Gasteiger partial charge in [0.15, 0.2) is 5.11 Å². The fourth-order valence-electron chi connectivity index (χ4n) is 2.30. The smallest absolute Gasteiger partial charge is 0.338 e. The summed E-state index contributed by atoms with van der Waals surface area (Å²) in [7, 11) is 1.53. The summed E-state index contributed by atoms with van der Waals surface area (Å²) in [6, 6.07) is 4.20. The van der Waals surface area contributed by atoms with Crippen LogP contribution in [0.4, 0.5) is 0 Å². The van der Waals surface area contributed by atoms with Crippen LogP contribution in [0.3, 0.4) is 0 Å². The van der Waals surface area contributed by atoms with Gasteiger partial charge in [0.2, 0.25) is 0 Å². The molecule has 0 fully saturated rings. The van der Waals surface area contributed by atoms with Crippen molar-refractivity contribution in [2.75, 3.05) is 13.7 Å². The minimum Gasteiger partial charge on any atom is -0.508 e. The molecule has 6 nitrogen and oxygen atoms in total. The monoisotopic (exact) mass is 322 g/mol. The molecular weight excluding hydrogens is 304 g/mol. The standard InChI is InChI=1S/C15H18N2O4S/c1-4-21-14(19)12-8(2)16-15(22)17-13(12)10-7-9(20-3)5-6-11(10)18/h5-7,13,18H,4H2,1-3H3,(H2,16,17,22)/t13-/m1/s1. The second kappa shape index (κ2) is 6.65. The van der Waals surface area contributed by atoms with E-state index in [4.69, 9.17) is 21.7 Å². The molecule has 0 amide bonds. The van der Waals surface area contributed by atoms with Crippen LogP contribution in [-0.4, -0.2) is 29.9 Å². The molecule has 0 unspecified atom stereocenters. The molecule has 1 aliphatic heterocycles. The van der Waals surface area contributed by atoms with Crippen LogP contribution in [0, 0.1) is 0 Å². The van der Waals surface area contributed by atoms with E-state index < -0.39 is 12.0 Å². The zero-order chi connectivity index (χ0) is 16.3. The molecule has 1 atom stereocenters. The average molecular weight is 322 g/mol. The van der Waals surface area contributed by atoms with Gasteiger partial charge >= 0.3 is 5.97 Å². The summed E-state index contributed by atoms with van der Waals surface area (Å²) in [5.41, 5.74) is 1.46. The summed E-state index contributed by atoms with van der Waals surface area (Å²) < 4.78 is 10.3. The Morgan fingerprint density at radius 1 is 1.45 bits per heavy atom. The number of hydrogen-bond donors (Lipinski definition) is 3. The summed E-state index contributed by atoms with van der Waals surface area (Å²) in [6.45, 7) is 3.74. The number of phenolic OH excluding ortho intramolecular Hbond substituents is 1. The van der Waals surface area contributed by atoms with Crippen molar-refractivity contribution in [3.63, 3.8) is 0 Å². The van der Waals surface area contributed by atoms with E-state index in [0.717, 1.165) is 0 Å². The molecular formula is C15H18N2O4S. The quantitative estimate of drug-likeness (QED) is 0.576. The number of carbonyl (C=O) groups excluding carboxylic acids is 1. The number of benzene rings is 1. The first-order chi connectivity index (χ1) is 10.5. The summed E-state index contributed by atoms with van der Waals surface area (Å²) in [5, 5.41) is 16.4. The van der Waals surface area contributed by atoms with Crippen molar-refractivity contribution < 1.29 is 19.4 Å². The molecule has 118 valence electrons. The maximum Gasteiger partial charge on any atom is 0.338 e. The normalized spacial score (nSPS) is 17.6. The van der Waals surface area contributed by atoms with Gasteiger partial charge in [-0.05, 0) is 44.3 Å². The van der Waals surface area contributed by atoms with E-state index in [9.17, 15) is 9.90 Å². The van der Waals surface area contributed by atoms with Gasteiger partial charge in [-0.15, -0.1) is 0 Å². The van der Waals surface area contributed by atoms with Crippen LogP contribution in [0.15, 0.2) is 29.5 Å². The highest BCUT2D eigenvalue weighted by Gasteiger charge is 2.32. The average Bonchev–Trinajstić information content (AvgIpc) is 2.47. The second-order valence-corrected chi connectivity index (χ2v) is 5.12. The number of allylic oxidation sites excluding steroid dienone is 1. The van der Waals surface area contributed by atoms with Crippen molar-refractivity contribution in [2.45, 2.75) is 19.9 Å². The number of carbonyl (C=O) groups is 1. The fraction of sp³-hybridized carbons (Fsp3) is 0.333. The number of nitrogens with one attached hydrogen (secondary N) is 2. The summed E-state index contributed by atoms with van der Waals surface area (Å²) in [6.07, 6.45) is 0. The van der Waals surface area contributed by atoms with Crippen LogP contribution >= 0.6 is 12.2 Å². The van der Waals surface area contributed by atoms with Crippen LogP contribution in [0.1, 0.15) is 25.5 Å². The number of phenols is 1. The SMILES string of the molecule is CCOC(=O)C1=C(C)NC(=S)N[C@@H]1c1cc(OC)ccc1O. The Morgan fingerprint density at radius 3 is 2.82 bits per heavy atom. The third-order valence-electron chi connectivity index (χ3n) is 3.31. The lowest BCUT2D eigenvalue weighted by Crippen LogP contribution is -2.45. The highest BCUT2D eigenvalue weighted by molar-refractivity contribution is 7.80. The first-order valence-electron chi connectivity index (χ1n) is 6.80. The largest absolute Gasteiger partial charge is 0.508 e. The Labute approximate surface area is 134 Å². The van der Waals surface area contributed by atoms with Gasteiger partial charge in [-0.3, -0.25) is 0 Å². The predicted octanol–water partition coefficient (Wildman–Crippen LogP) is 1.76. The zero-order valence-corrected chi connectivity index (χ0v) is 13.4. The lowest BCUT2D eigenvalue weighted by Gasteiger charge is -2.30. The molecule has 0 aliphatic carbocycles. The van der Waals surface area contributed by atoms with Gasteiger partial charge in [-0.1, -0.05) is 0 Å². The highest BCUT2D eigenvalue weighted by atomic mass is 32.1. The van der Waals surface area contributed by atoms with E-state index >= 15 is 0 Å². The van der Waals surface area contributed by atoms with Gasteiger partial charge in [0.1, 0.15) is 11.5 Å². The van der Waals surface area contributed by atoms with E-state index in [1.165, 1.54) is 13.2 Å². The Balaban J connectivity index is 2.52. The molecule has 7 heteroatoms. The molecule has 1 aromatic carbocycles. The summed E-state index contributed by atoms with van der Waals surface area (Å²) >= 11 is 5.15. The van der Waals surface area contributed by atoms with Crippen molar-refractivity contribution in [2.24, 2.45) is 0 Å². The number of aromatic hydroxyl groups is 1. The minimum atomic E-state index is -0.608. The van der Waals surface area contributed by atoms with E-state index in [2.05, 4.69) is 10.6 Å². The number of rotatable bonds is 4. The highest BCUT2D eigenvalue weighted by Crippen LogP contribution is 2.35. The van der Waals surface area contributed by atoms with Crippen LogP contribution in [0.2, 0.25) is 0 Å². The molecule has 0 bridgehead atoms. The first-order valence-corrected chi connectivity index (χ1v) is 7.21. The van der Waals surface area contributed by atoms with Gasteiger partial charge in [-0.2, -0.15) is 0 Å². The molecule has 22 heavy (non-hydrogen) atoms. The summed E-state index contributed by atoms with van der Waals surface area (Å²) in [4.78, 5) is 12.2. The van der Waals surface area contributed by atoms with E-state index in [-0.39, 0.29) is 12.4 Å². The third-order valence-corrected chi connectivity index (χ3v) is 3.53. The lowest BCUT2D eigenvalue weighted by atomic mass is 9.94. The molecule has 2 rings (SSSR count). The number of ether oxygens (including phenoxy) is 2. The van der Waals surface area contributed by atoms with Gasteiger partial charge < -0.3 is 25.2 Å². The lowest BCUT2D eigenvalue weighted by molar-refractivity contribution is -0.139. The Hall–Kier alpha value is -2.28. The number of esters is 1. The minimum absolute atomic E-state index is 0.0394. The molecule has 3 N–H and O–H groups in total. The van der Waals surface area contributed by atoms with Crippen LogP contribution < -0.4 is 15.4 Å². The second-order valence-electron chi connectivity index (χ2n) is 4.72. The van der Waals surface area contributed by atoms with E-state index in [0.29, 0.717) is 27.7 Å². The third kappa shape index (κ3) is 3.14. The molecule has 0 aromatic heterocycles. The molecule has 0 radical (unpaired) electrons. The summed E-state index contributed by atoms with van der Waals surface area (Å²) in [5.74, 6) is 0.146. The van der Waals surface area contributed by atoms with Crippen LogP contribution in [0.5, 0.6) is 11.5 Å². The number of methoxy groups -OCH3 is 1. The maximum absolute atomic E-state index is 12.2. The van der Waals surface area contributed by atoms with Gasteiger partial charge in [0.25, 0.3) is 0 Å². The van der Waals surface area contributed by atoms with Crippen molar-refractivity contribution in [1.29, 1.82) is 0 Å². The first kappa shape index (κ1) is 16.1. The fourth-order valence-corrected chi connectivity index (χ4v) is 2.57. The number of thiocarbonyl (C=S) groups is 1. The van der Waals surface area contributed by atoms with Crippen LogP contribution in [0.25, 0.3) is 0 Å². The van der Waals surface area contributed by atoms with Crippen molar-refractivity contribution >= 4 is 23.3 Å². The topological polar surface area (TPSA) is 79.8 Å². The molecule has 1 heterocycles. The Kier molecular flexibility index (Phi) is 4.87. The molecule has 1 aromatic rings. The van der Waals surface area contributed by atoms with E-state index in [1.54, 1.807) is 26.0 Å². The molecule has 0 spiro atoms. The molecule has 0 saturated carbocycles. The molecule has 1 aliphatic rings. The van der Waals surface area contributed by atoms with Crippen LogP contribution in [-0.2, 0) is 9.53 Å². The van der Waals surface area contributed by atoms with Gasteiger partial charge in [-0.25, -0.2) is 4.79 Å². The van der Waals surface area contributed by atoms with E-state index in [1.807, 2.05) is 0 Å². The maximum atomic E-state index is 12.2. The van der Waals surface area contributed by atoms with Crippen molar-refractivity contribution in [1.82, 2.24) is 10.6 Å². The zero-order valence-electron chi connectivity index (χ0n) is 12.6. The number of hydrogen-bond acceptors (Lipinski definition) is 5. The Bertz CT molecular complexity index is 642. The van der Waals surface area contributed by atoms with Gasteiger partial charge in [0, 0.05) is 11.3 Å². The molecule has 0 saturated heterocycles. The predicted molar refractivity (Wildman–Crippen MR) is 85.6 cm³/mol. The van der Waals surface area contributed by atoms with Crippen molar-refractivity contribution in [3.8, 4) is 11.5 Å². The Morgan fingerprint density at radius 2 is 2.18 bits per heavy atom. The van der Waals surface area contributed by atoms with Gasteiger partial charge in [0.05, 0.1) is 25.3 Å². The van der Waals surface area contributed by atoms with Crippen molar-refractivity contribution in [3.05, 3.63) is 35.0 Å².